The number of benzene rings is 2. The zero-order valence-electron chi connectivity index (χ0n) is 13.5. The number of rotatable bonds is 2. The Morgan fingerprint density at radius 2 is 1.55 bits per heavy atom. The number of hydrogen-bond acceptors (Lipinski definition) is 2. The maximum atomic E-state index is 4.51. The van der Waals surface area contributed by atoms with Gasteiger partial charge in [-0.2, -0.15) is 9.68 Å². The summed E-state index contributed by atoms with van der Waals surface area (Å²) in [5, 5.41) is 10.1. The maximum Gasteiger partial charge on any atom is 0.214 e. The van der Waals surface area contributed by atoms with Crippen LogP contribution in [0.25, 0.3) is 10.9 Å². The molecule has 22 heavy (non-hydrogen) atoms. The molecule has 0 aliphatic heterocycles. The number of aryl methyl sites for hydroxylation is 4. The van der Waals surface area contributed by atoms with Crippen LogP contribution in [0.15, 0.2) is 58.8 Å². The van der Waals surface area contributed by atoms with Gasteiger partial charge in [0.15, 0.2) is 5.69 Å². The van der Waals surface area contributed by atoms with Crippen molar-refractivity contribution in [3.05, 3.63) is 65.4 Å². The molecule has 0 fully saturated rings. The normalized spacial score (nSPS) is 11.5. The topological polar surface area (TPSA) is 28.6 Å². The van der Waals surface area contributed by atoms with Gasteiger partial charge in [-0.05, 0) is 31.5 Å². The minimum atomic E-state index is 0.908. The highest BCUT2D eigenvalue weighted by Crippen LogP contribution is 2.28. The highest BCUT2D eigenvalue weighted by atomic mass is 15.1. The standard InChI is InChI=1S/C19H20N3/c1-13-9-10-17(14(2)11-13)20-21-18-12-15(3)22(4)19-8-6-5-7-16(18)19/h5-12H,1-4H3/q+1. The summed E-state index contributed by atoms with van der Waals surface area (Å²) in [5.74, 6) is 0. The molecule has 0 amide bonds. The van der Waals surface area contributed by atoms with Crippen molar-refractivity contribution in [3.63, 3.8) is 0 Å². The van der Waals surface area contributed by atoms with Gasteiger partial charge in [-0.3, -0.25) is 0 Å². The third-order valence-electron chi connectivity index (χ3n) is 4.03. The molecular formula is C19H20N3+. The Morgan fingerprint density at radius 1 is 0.818 bits per heavy atom. The number of hydrogen-bond donors (Lipinski definition) is 0. The minimum Gasteiger partial charge on any atom is -0.198 e. The van der Waals surface area contributed by atoms with E-state index in [2.05, 4.69) is 72.9 Å². The molecule has 0 spiro atoms. The van der Waals surface area contributed by atoms with Crippen LogP contribution < -0.4 is 4.57 Å². The lowest BCUT2D eigenvalue weighted by Crippen LogP contribution is -2.32. The first-order valence-corrected chi connectivity index (χ1v) is 7.43. The van der Waals surface area contributed by atoms with Gasteiger partial charge >= 0.3 is 0 Å². The van der Waals surface area contributed by atoms with Crippen molar-refractivity contribution < 1.29 is 4.57 Å². The van der Waals surface area contributed by atoms with E-state index in [0.29, 0.717) is 0 Å². The lowest BCUT2D eigenvalue weighted by Gasteiger charge is -2.04. The second-order valence-corrected chi connectivity index (χ2v) is 5.74. The summed E-state index contributed by atoms with van der Waals surface area (Å²) >= 11 is 0. The van der Waals surface area contributed by atoms with Crippen molar-refractivity contribution in [1.82, 2.24) is 0 Å². The van der Waals surface area contributed by atoms with Crippen molar-refractivity contribution in [2.45, 2.75) is 20.8 Å². The predicted molar refractivity (Wildman–Crippen MR) is 90.0 cm³/mol. The van der Waals surface area contributed by atoms with Crippen molar-refractivity contribution in [2.24, 2.45) is 17.3 Å². The summed E-state index contributed by atoms with van der Waals surface area (Å²) in [6.07, 6.45) is 0. The van der Waals surface area contributed by atoms with Crippen molar-refractivity contribution in [2.75, 3.05) is 0 Å². The van der Waals surface area contributed by atoms with E-state index in [1.807, 2.05) is 18.2 Å². The van der Waals surface area contributed by atoms with Crippen LogP contribution in [0.4, 0.5) is 11.4 Å². The number of fused-ring (bicyclic) bond motifs is 1. The van der Waals surface area contributed by atoms with Crippen LogP contribution in [0, 0.1) is 20.8 Å². The van der Waals surface area contributed by atoms with Gasteiger partial charge in [-0.1, -0.05) is 29.8 Å². The summed E-state index contributed by atoms with van der Waals surface area (Å²) in [6, 6.07) is 16.6. The first-order chi connectivity index (χ1) is 10.6. The van der Waals surface area contributed by atoms with Crippen LogP contribution in [0.1, 0.15) is 16.8 Å². The Hall–Kier alpha value is -2.55. The molecule has 1 heterocycles. The van der Waals surface area contributed by atoms with Crippen molar-refractivity contribution in [1.29, 1.82) is 0 Å². The molecule has 0 unspecified atom stereocenters. The fraction of sp³-hybridized carbons (Fsp3) is 0.211. The summed E-state index contributed by atoms with van der Waals surface area (Å²) in [7, 11) is 2.07. The van der Waals surface area contributed by atoms with Crippen LogP contribution in [-0.4, -0.2) is 0 Å². The van der Waals surface area contributed by atoms with E-state index in [1.165, 1.54) is 5.56 Å². The van der Waals surface area contributed by atoms with E-state index in [9.17, 15) is 0 Å². The number of azo groups is 1. The van der Waals surface area contributed by atoms with Crippen LogP contribution in [0.5, 0.6) is 0 Å². The molecule has 0 saturated heterocycles. The summed E-state index contributed by atoms with van der Waals surface area (Å²) in [4.78, 5) is 0. The van der Waals surface area contributed by atoms with Crippen LogP contribution >= 0.6 is 0 Å². The van der Waals surface area contributed by atoms with Crippen molar-refractivity contribution >= 4 is 22.3 Å². The van der Waals surface area contributed by atoms with E-state index in [4.69, 9.17) is 0 Å². The highest BCUT2D eigenvalue weighted by Gasteiger charge is 2.12. The number of aromatic nitrogens is 1. The summed E-state index contributed by atoms with van der Waals surface area (Å²) in [5.41, 5.74) is 6.54. The Morgan fingerprint density at radius 3 is 2.32 bits per heavy atom. The van der Waals surface area contributed by atoms with Gasteiger partial charge in [0.2, 0.25) is 5.52 Å². The van der Waals surface area contributed by atoms with E-state index in [0.717, 1.165) is 33.5 Å². The average Bonchev–Trinajstić information content (AvgIpc) is 2.51. The molecule has 3 aromatic rings. The smallest absolute Gasteiger partial charge is 0.198 e. The molecule has 0 radical (unpaired) electrons. The molecule has 0 aliphatic carbocycles. The average molecular weight is 290 g/mol. The van der Waals surface area contributed by atoms with E-state index < -0.39 is 0 Å². The number of nitrogens with zero attached hydrogens (tertiary/aromatic N) is 3. The number of pyridine rings is 1. The first kappa shape index (κ1) is 14.4. The third-order valence-corrected chi connectivity index (χ3v) is 4.03. The van der Waals surface area contributed by atoms with E-state index >= 15 is 0 Å². The Labute approximate surface area is 131 Å². The number of para-hydroxylation sites is 1. The first-order valence-electron chi connectivity index (χ1n) is 7.43. The fourth-order valence-electron chi connectivity index (χ4n) is 2.65. The minimum absolute atomic E-state index is 0.908. The van der Waals surface area contributed by atoms with Crippen molar-refractivity contribution in [3.8, 4) is 0 Å². The fourth-order valence-corrected chi connectivity index (χ4v) is 2.65. The zero-order valence-corrected chi connectivity index (χ0v) is 13.5. The summed E-state index contributed by atoms with van der Waals surface area (Å²) < 4.78 is 2.17. The van der Waals surface area contributed by atoms with Crippen LogP contribution in [-0.2, 0) is 7.05 Å². The molecule has 3 rings (SSSR count). The molecule has 0 saturated carbocycles. The zero-order chi connectivity index (χ0) is 15.7. The Balaban J connectivity index is 2.11. The van der Waals surface area contributed by atoms with Crippen LogP contribution in [0.2, 0.25) is 0 Å². The third kappa shape index (κ3) is 2.62. The van der Waals surface area contributed by atoms with Crippen LogP contribution in [0.3, 0.4) is 0 Å². The lowest BCUT2D eigenvalue weighted by atomic mass is 10.1. The Bertz CT molecular complexity index is 879. The van der Waals surface area contributed by atoms with Gasteiger partial charge in [0, 0.05) is 19.1 Å². The molecule has 0 bridgehead atoms. The largest absolute Gasteiger partial charge is 0.214 e. The Kier molecular flexibility index (Phi) is 3.72. The van der Waals surface area contributed by atoms with Gasteiger partial charge in [-0.25, -0.2) is 0 Å². The molecule has 2 aromatic carbocycles. The van der Waals surface area contributed by atoms with Gasteiger partial charge < -0.3 is 0 Å². The van der Waals surface area contributed by atoms with Gasteiger partial charge in [0.25, 0.3) is 0 Å². The molecule has 0 N–H and O–H groups in total. The molecule has 1 aromatic heterocycles. The SMILES string of the molecule is Cc1ccc(N=Nc2cc(C)[n+](C)c3ccccc23)c(C)c1. The summed E-state index contributed by atoms with van der Waals surface area (Å²) in [6.45, 7) is 6.24. The molecule has 3 heteroatoms. The van der Waals surface area contributed by atoms with Gasteiger partial charge in [0.05, 0.1) is 11.1 Å². The predicted octanol–water partition coefficient (Wildman–Crippen LogP) is 5.00. The highest BCUT2D eigenvalue weighted by molar-refractivity contribution is 5.87. The monoisotopic (exact) mass is 290 g/mol. The second kappa shape index (κ2) is 5.68. The van der Waals surface area contributed by atoms with Gasteiger partial charge in [0.1, 0.15) is 12.7 Å². The van der Waals surface area contributed by atoms with Gasteiger partial charge in [-0.15, -0.1) is 5.11 Å². The van der Waals surface area contributed by atoms with E-state index in [1.54, 1.807) is 0 Å². The molecular weight excluding hydrogens is 270 g/mol. The molecule has 3 nitrogen and oxygen atoms in total. The lowest BCUT2D eigenvalue weighted by molar-refractivity contribution is -0.651. The maximum absolute atomic E-state index is 4.51. The second-order valence-electron chi connectivity index (χ2n) is 5.74. The molecule has 0 atom stereocenters. The molecule has 110 valence electrons. The van der Waals surface area contributed by atoms with E-state index in [-0.39, 0.29) is 0 Å². The molecule has 0 aliphatic rings. The quantitative estimate of drug-likeness (QED) is 0.469.